The summed E-state index contributed by atoms with van der Waals surface area (Å²) < 4.78 is 13.3. The van der Waals surface area contributed by atoms with Crippen LogP contribution in [-0.2, 0) is 31.2 Å². The Morgan fingerprint density at radius 2 is 1.70 bits per heavy atom. The third kappa shape index (κ3) is 9.00. The number of aliphatic hydroxyl groups excluding tert-OH is 1. The lowest BCUT2D eigenvalue weighted by Gasteiger charge is -2.13. The van der Waals surface area contributed by atoms with Gasteiger partial charge in [0.1, 0.15) is 11.6 Å². The smallest absolute Gasteiger partial charge is 0.332 e. The van der Waals surface area contributed by atoms with Gasteiger partial charge in [-0.2, -0.15) is 4.99 Å². The van der Waals surface area contributed by atoms with Gasteiger partial charge in [-0.3, -0.25) is 13.9 Å². The number of aromatic nitrogens is 2. The average Bonchev–Trinajstić information content (AvgIpc) is 2.90. The highest BCUT2D eigenvalue weighted by Crippen LogP contribution is 2.17. The number of aryl methyl sites for hydroxylation is 2. The molecular formula is C28H36ClN3O5. The fraction of sp³-hybridized carbons (Fsp3) is 0.393. The molecule has 2 aromatic carbocycles. The zero-order valence-electron chi connectivity index (χ0n) is 22.2. The Hall–Kier alpha value is -3.20. The van der Waals surface area contributed by atoms with Crippen LogP contribution in [0.15, 0.2) is 63.1 Å². The first-order valence-electron chi connectivity index (χ1n) is 12.3. The largest absolute Gasteiger partial charge is 0.443 e. The highest BCUT2D eigenvalue weighted by atomic mass is 35.5. The molecule has 1 N–H and O–H groups in total. The highest BCUT2D eigenvalue weighted by molar-refractivity contribution is 6.30. The van der Waals surface area contributed by atoms with E-state index in [0.29, 0.717) is 17.2 Å². The van der Waals surface area contributed by atoms with Gasteiger partial charge >= 0.3 is 5.69 Å². The summed E-state index contributed by atoms with van der Waals surface area (Å²) in [7, 11) is 1.56. The molecule has 1 aromatic heterocycles. The maximum atomic E-state index is 12.6. The van der Waals surface area contributed by atoms with Crippen molar-refractivity contribution in [3.8, 4) is 5.75 Å². The maximum Gasteiger partial charge on any atom is 0.332 e. The Labute approximate surface area is 222 Å². The molecule has 200 valence electrons. The third-order valence-corrected chi connectivity index (χ3v) is 5.84. The van der Waals surface area contributed by atoms with E-state index in [-0.39, 0.29) is 32.2 Å². The molecule has 0 aliphatic heterocycles. The van der Waals surface area contributed by atoms with Crippen molar-refractivity contribution in [1.82, 2.24) is 9.13 Å². The van der Waals surface area contributed by atoms with Crippen LogP contribution >= 0.6 is 11.6 Å². The predicted octanol–water partition coefficient (Wildman–Crippen LogP) is 4.46. The SMILES string of the molecule is CCc1ccc(Cl)cc1.CCc1cccc(O/C(C)=N/c2c(C)c(=O)n(CCOCCO)c(=O)n2C)c1. The number of aliphatic imine (C=N–C) groups is 1. The lowest BCUT2D eigenvalue weighted by atomic mass is 10.2. The molecule has 0 aliphatic carbocycles. The molecule has 0 spiro atoms. The molecule has 0 amide bonds. The second-order valence-electron chi connectivity index (χ2n) is 8.30. The highest BCUT2D eigenvalue weighted by Gasteiger charge is 2.14. The van der Waals surface area contributed by atoms with E-state index >= 15 is 0 Å². The van der Waals surface area contributed by atoms with Crippen LogP contribution in [0.3, 0.4) is 0 Å². The van der Waals surface area contributed by atoms with E-state index in [0.717, 1.165) is 28.0 Å². The molecule has 0 saturated carbocycles. The van der Waals surface area contributed by atoms with Gasteiger partial charge < -0.3 is 14.6 Å². The molecule has 0 saturated heterocycles. The lowest BCUT2D eigenvalue weighted by Crippen LogP contribution is -2.41. The zero-order valence-corrected chi connectivity index (χ0v) is 22.9. The average molecular weight is 530 g/mol. The summed E-state index contributed by atoms with van der Waals surface area (Å²) in [6.45, 7) is 7.80. The third-order valence-electron chi connectivity index (χ3n) is 5.59. The molecule has 8 nitrogen and oxygen atoms in total. The van der Waals surface area contributed by atoms with Gasteiger partial charge in [-0.15, -0.1) is 0 Å². The summed E-state index contributed by atoms with van der Waals surface area (Å²) in [6.07, 6.45) is 1.97. The van der Waals surface area contributed by atoms with E-state index < -0.39 is 11.2 Å². The number of ether oxygens (including phenoxy) is 2. The molecule has 9 heteroatoms. The minimum absolute atomic E-state index is 0.107. The van der Waals surface area contributed by atoms with E-state index in [1.807, 2.05) is 48.5 Å². The number of rotatable bonds is 9. The Morgan fingerprint density at radius 3 is 2.32 bits per heavy atom. The summed E-state index contributed by atoms with van der Waals surface area (Å²) in [4.78, 5) is 29.5. The predicted molar refractivity (Wildman–Crippen MR) is 149 cm³/mol. The summed E-state index contributed by atoms with van der Waals surface area (Å²) >= 11 is 5.67. The normalized spacial score (nSPS) is 11.2. The van der Waals surface area contributed by atoms with Crippen molar-refractivity contribution < 1.29 is 14.6 Å². The van der Waals surface area contributed by atoms with Gasteiger partial charge in [0.05, 0.1) is 31.9 Å². The van der Waals surface area contributed by atoms with Gasteiger partial charge in [0, 0.05) is 19.0 Å². The van der Waals surface area contributed by atoms with Crippen molar-refractivity contribution in [2.24, 2.45) is 12.0 Å². The fourth-order valence-electron chi connectivity index (χ4n) is 3.48. The maximum absolute atomic E-state index is 12.6. The van der Waals surface area contributed by atoms with Crippen molar-refractivity contribution in [1.29, 1.82) is 0 Å². The van der Waals surface area contributed by atoms with E-state index in [1.54, 1.807) is 20.9 Å². The van der Waals surface area contributed by atoms with Crippen LogP contribution in [0.2, 0.25) is 5.02 Å². The summed E-state index contributed by atoms with van der Waals surface area (Å²) in [5.74, 6) is 1.24. The first-order valence-corrected chi connectivity index (χ1v) is 12.6. The van der Waals surface area contributed by atoms with Crippen LogP contribution < -0.4 is 16.0 Å². The van der Waals surface area contributed by atoms with Gasteiger partial charge in [0.25, 0.3) is 5.56 Å². The number of benzene rings is 2. The van der Waals surface area contributed by atoms with Crippen molar-refractivity contribution in [3.05, 3.63) is 91.1 Å². The summed E-state index contributed by atoms with van der Waals surface area (Å²) in [5, 5.41) is 9.54. The van der Waals surface area contributed by atoms with E-state index in [2.05, 4.69) is 18.8 Å². The van der Waals surface area contributed by atoms with Gasteiger partial charge in [-0.25, -0.2) is 4.79 Å². The molecule has 0 bridgehead atoms. The number of hydrogen-bond acceptors (Lipinski definition) is 6. The molecule has 0 fully saturated rings. The molecule has 37 heavy (non-hydrogen) atoms. The van der Waals surface area contributed by atoms with Crippen LogP contribution in [0, 0.1) is 6.92 Å². The standard InChI is InChI=1S/C20H27N3O5.C8H9Cl/c1-5-16-7-6-8-17(13-16)28-15(3)21-18-14(2)19(25)23(20(26)22(18)4)9-11-27-12-10-24;1-2-7-3-5-8(9)6-4-7/h6-8,13,24H,5,9-12H2,1-4H3;3-6H,2H2,1H3/b21-15+;. The number of halogens is 1. The van der Waals surface area contributed by atoms with E-state index in [9.17, 15) is 9.59 Å². The van der Waals surface area contributed by atoms with Gasteiger partial charge in [-0.1, -0.05) is 49.7 Å². The first kappa shape index (κ1) is 30.0. The van der Waals surface area contributed by atoms with Crippen molar-refractivity contribution >= 4 is 23.3 Å². The molecule has 0 aliphatic rings. The Morgan fingerprint density at radius 1 is 1.03 bits per heavy atom. The minimum atomic E-state index is -0.484. The van der Waals surface area contributed by atoms with Gasteiger partial charge in [0.15, 0.2) is 5.90 Å². The lowest BCUT2D eigenvalue weighted by molar-refractivity contribution is 0.0857. The van der Waals surface area contributed by atoms with Crippen molar-refractivity contribution in [2.75, 3.05) is 19.8 Å². The second-order valence-corrected chi connectivity index (χ2v) is 8.73. The van der Waals surface area contributed by atoms with E-state index in [4.69, 9.17) is 26.2 Å². The van der Waals surface area contributed by atoms with Gasteiger partial charge in [-0.05, 0) is 55.2 Å². The van der Waals surface area contributed by atoms with Crippen LogP contribution in [0.1, 0.15) is 37.5 Å². The number of aliphatic hydroxyl groups is 1. The Kier molecular flexibility index (Phi) is 12.3. The minimum Gasteiger partial charge on any atom is -0.443 e. The quantitative estimate of drug-likeness (QED) is 0.251. The van der Waals surface area contributed by atoms with Gasteiger partial charge in [0.2, 0.25) is 0 Å². The van der Waals surface area contributed by atoms with Crippen LogP contribution in [-0.4, -0.2) is 40.0 Å². The second kappa shape index (κ2) is 15.1. The molecule has 1 heterocycles. The molecular weight excluding hydrogens is 494 g/mol. The number of hydrogen-bond donors (Lipinski definition) is 1. The summed E-state index contributed by atoms with van der Waals surface area (Å²) in [5.41, 5.74) is 1.91. The van der Waals surface area contributed by atoms with Crippen molar-refractivity contribution in [3.63, 3.8) is 0 Å². The Balaban J connectivity index is 0.000000449. The van der Waals surface area contributed by atoms with Crippen molar-refractivity contribution in [2.45, 2.75) is 47.1 Å². The van der Waals surface area contributed by atoms with Crippen LogP contribution in [0.5, 0.6) is 5.75 Å². The van der Waals surface area contributed by atoms with Crippen LogP contribution in [0.25, 0.3) is 0 Å². The number of nitrogens with zero attached hydrogens (tertiary/aromatic N) is 3. The van der Waals surface area contributed by atoms with Crippen LogP contribution in [0.4, 0.5) is 5.82 Å². The molecule has 0 atom stereocenters. The monoisotopic (exact) mass is 529 g/mol. The fourth-order valence-corrected chi connectivity index (χ4v) is 3.60. The molecule has 3 aromatic rings. The summed E-state index contributed by atoms with van der Waals surface area (Å²) in [6, 6.07) is 15.6. The Bertz CT molecular complexity index is 1260. The molecule has 0 unspecified atom stereocenters. The zero-order chi connectivity index (χ0) is 27.4. The molecule has 0 radical (unpaired) electrons. The topological polar surface area (TPSA) is 95.1 Å². The molecule has 3 rings (SSSR count). The van der Waals surface area contributed by atoms with E-state index in [1.165, 1.54) is 10.1 Å². The first-order chi connectivity index (χ1) is 17.7.